The molecule has 0 spiro atoms. The number of anilines is 1. The summed E-state index contributed by atoms with van der Waals surface area (Å²) >= 11 is 0. The summed E-state index contributed by atoms with van der Waals surface area (Å²) in [6, 6.07) is 4.13. The number of rotatable bonds is 4. The molecule has 4 nitrogen and oxygen atoms in total. The van der Waals surface area contributed by atoms with E-state index in [1.165, 1.54) is 0 Å². The third-order valence-corrected chi connectivity index (χ3v) is 3.44. The van der Waals surface area contributed by atoms with E-state index in [9.17, 15) is 0 Å². The predicted molar refractivity (Wildman–Crippen MR) is 68.9 cm³/mol. The molecular weight excluding hydrogens is 214 g/mol. The van der Waals surface area contributed by atoms with Gasteiger partial charge in [0.05, 0.1) is 0 Å². The van der Waals surface area contributed by atoms with Crippen LogP contribution in [0.25, 0.3) is 0 Å². The maximum absolute atomic E-state index is 8.93. The van der Waals surface area contributed by atoms with Gasteiger partial charge in [0, 0.05) is 31.9 Å². The van der Waals surface area contributed by atoms with E-state index in [2.05, 4.69) is 9.88 Å². The van der Waals surface area contributed by atoms with Crippen LogP contribution in [0, 0.1) is 5.92 Å². The Labute approximate surface area is 102 Å². The molecule has 1 unspecified atom stereocenters. The number of pyridine rings is 1. The van der Waals surface area contributed by atoms with E-state index in [1.807, 2.05) is 25.3 Å². The van der Waals surface area contributed by atoms with Crippen LogP contribution in [0.4, 0.5) is 5.82 Å². The summed E-state index contributed by atoms with van der Waals surface area (Å²) < 4.78 is 0. The molecule has 0 radical (unpaired) electrons. The van der Waals surface area contributed by atoms with Gasteiger partial charge in [0.2, 0.25) is 0 Å². The zero-order valence-electron chi connectivity index (χ0n) is 10.3. The molecule has 1 saturated heterocycles. The molecule has 1 fully saturated rings. The summed E-state index contributed by atoms with van der Waals surface area (Å²) in [5.74, 6) is 1.63. The molecule has 0 amide bonds. The lowest BCUT2D eigenvalue weighted by atomic mass is 10.1. The van der Waals surface area contributed by atoms with Crippen molar-refractivity contribution in [1.82, 2.24) is 4.98 Å². The molecule has 1 aromatic heterocycles. The average molecular weight is 235 g/mol. The number of hydrogen-bond acceptors (Lipinski definition) is 4. The molecule has 0 bridgehead atoms. The van der Waals surface area contributed by atoms with E-state index in [4.69, 9.17) is 10.8 Å². The Hall–Kier alpha value is -1.13. The van der Waals surface area contributed by atoms with Crippen LogP contribution in [0.3, 0.4) is 0 Å². The second-order valence-electron chi connectivity index (χ2n) is 4.85. The summed E-state index contributed by atoms with van der Waals surface area (Å²) in [4.78, 5) is 6.74. The van der Waals surface area contributed by atoms with Crippen molar-refractivity contribution in [2.24, 2.45) is 11.7 Å². The number of aliphatic hydroxyl groups excluding tert-OH is 1. The highest BCUT2D eigenvalue weighted by atomic mass is 16.3. The van der Waals surface area contributed by atoms with Crippen LogP contribution < -0.4 is 10.6 Å². The topological polar surface area (TPSA) is 62.4 Å². The Kier molecular flexibility index (Phi) is 3.97. The third kappa shape index (κ3) is 2.96. The van der Waals surface area contributed by atoms with Gasteiger partial charge in [0.15, 0.2) is 0 Å². The molecule has 0 aromatic carbocycles. The van der Waals surface area contributed by atoms with Gasteiger partial charge in [-0.25, -0.2) is 4.98 Å². The number of nitrogens with zero attached hydrogens (tertiary/aromatic N) is 2. The quantitative estimate of drug-likeness (QED) is 0.826. The molecule has 0 saturated carbocycles. The van der Waals surface area contributed by atoms with Crippen molar-refractivity contribution in [3.05, 3.63) is 23.9 Å². The number of hydrogen-bond donors (Lipinski definition) is 2. The molecule has 4 heteroatoms. The van der Waals surface area contributed by atoms with Crippen molar-refractivity contribution in [3.8, 4) is 0 Å². The van der Waals surface area contributed by atoms with E-state index in [-0.39, 0.29) is 12.6 Å². The molecular formula is C13H21N3O. The van der Waals surface area contributed by atoms with Crippen molar-refractivity contribution >= 4 is 5.82 Å². The first-order valence-corrected chi connectivity index (χ1v) is 6.28. The monoisotopic (exact) mass is 235 g/mol. The van der Waals surface area contributed by atoms with Crippen LogP contribution in [0.2, 0.25) is 0 Å². The van der Waals surface area contributed by atoms with E-state index in [0.717, 1.165) is 37.3 Å². The maximum atomic E-state index is 8.93. The van der Waals surface area contributed by atoms with Crippen molar-refractivity contribution in [2.45, 2.75) is 25.8 Å². The van der Waals surface area contributed by atoms with Crippen molar-refractivity contribution < 1.29 is 5.11 Å². The lowest BCUT2D eigenvalue weighted by molar-refractivity contribution is 0.263. The van der Waals surface area contributed by atoms with Crippen molar-refractivity contribution in [2.75, 3.05) is 24.6 Å². The third-order valence-electron chi connectivity index (χ3n) is 3.44. The summed E-state index contributed by atoms with van der Waals surface area (Å²) in [6.45, 7) is 4.29. The minimum absolute atomic E-state index is 0.0391. The molecule has 3 N–H and O–H groups in total. The van der Waals surface area contributed by atoms with Gasteiger partial charge < -0.3 is 15.7 Å². The summed E-state index contributed by atoms with van der Waals surface area (Å²) in [5.41, 5.74) is 6.87. The normalized spacial score (nSPS) is 21.8. The Bertz CT molecular complexity index is 350. The SMILES string of the molecule is C[C@H](N)c1ccc(N2CCC(CCO)C2)nc1. The fraction of sp³-hybridized carbons (Fsp3) is 0.615. The standard InChI is InChI=1S/C13H21N3O/c1-10(14)12-2-3-13(15-8-12)16-6-4-11(9-16)5-7-17/h2-3,8,10-11,17H,4-7,9,14H2,1H3/t10-,11?/m0/s1. The first-order valence-electron chi connectivity index (χ1n) is 6.28. The van der Waals surface area contributed by atoms with Crippen LogP contribution in [0.15, 0.2) is 18.3 Å². The van der Waals surface area contributed by atoms with Crippen molar-refractivity contribution in [1.29, 1.82) is 0 Å². The van der Waals surface area contributed by atoms with Gasteiger partial charge >= 0.3 is 0 Å². The second-order valence-corrected chi connectivity index (χ2v) is 4.85. The van der Waals surface area contributed by atoms with E-state index < -0.39 is 0 Å². The minimum atomic E-state index is 0.0391. The molecule has 94 valence electrons. The second kappa shape index (κ2) is 5.47. The summed E-state index contributed by atoms with van der Waals surface area (Å²) in [6.07, 6.45) is 3.91. The highest BCUT2D eigenvalue weighted by molar-refractivity contribution is 5.40. The lowest BCUT2D eigenvalue weighted by Crippen LogP contribution is -2.21. The Morgan fingerprint density at radius 1 is 1.59 bits per heavy atom. The highest BCUT2D eigenvalue weighted by Gasteiger charge is 2.22. The molecule has 2 atom stereocenters. The Morgan fingerprint density at radius 3 is 3.00 bits per heavy atom. The molecule has 1 aliphatic rings. The number of aromatic nitrogens is 1. The molecule has 1 aromatic rings. The Balaban J connectivity index is 1.99. The molecule has 1 aliphatic heterocycles. The zero-order valence-corrected chi connectivity index (χ0v) is 10.3. The van der Waals surface area contributed by atoms with Crippen LogP contribution >= 0.6 is 0 Å². The predicted octanol–water partition coefficient (Wildman–Crippen LogP) is 1.31. The van der Waals surface area contributed by atoms with Crippen LogP contribution in [-0.4, -0.2) is 29.8 Å². The van der Waals surface area contributed by atoms with Gasteiger partial charge in [-0.1, -0.05) is 6.07 Å². The highest BCUT2D eigenvalue weighted by Crippen LogP contribution is 2.24. The fourth-order valence-electron chi connectivity index (χ4n) is 2.31. The molecule has 2 rings (SSSR count). The minimum Gasteiger partial charge on any atom is -0.396 e. The molecule has 17 heavy (non-hydrogen) atoms. The van der Waals surface area contributed by atoms with E-state index in [0.29, 0.717) is 5.92 Å². The van der Waals surface area contributed by atoms with Gasteiger partial charge in [-0.05, 0) is 37.3 Å². The van der Waals surface area contributed by atoms with Gasteiger partial charge in [-0.2, -0.15) is 0 Å². The first-order chi connectivity index (χ1) is 8.20. The van der Waals surface area contributed by atoms with Crippen LogP contribution in [0.1, 0.15) is 31.4 Å². The fourth-order valence-corrected chi connectivity index (χ4v) is 2.31. The summed E-state index contributed by atoms with van der Waals surface area (Å²) in [5, 5.41) is 8.93. The van der Waals surface area contributed by atoms with Crippen LogP contribution in [-0.2, 0) is 0 Å². The maximum Gasteiger partial charge on any atom is 0.128 e. The largest absolute Gasteiger partial charge is 0.396 e. The lowest BCUT2D eigenvalue weighted by Gasteiger charge is -2.18. The Morgan fingerprint density at radius 2 is 2.41 bits per heavy atom. The van der Waals surface area contributed by atoms with Gasteiger partial charge in [-0.15, -0.1) is 0 Å². The van der Waals surface area contributed by atoms with E-state index >= 15 is 0 Å². The smallest absolute Gasteiger partial charge is 0.128 e. The van der Waals surface area contributed by atoms with Gasteiger partial charge in [0.25, 0.3) is 0 Å². The zero-order chi connectivity index (χ0) is 12.3. The molecule has 0 aliphatic carbocycles. The first kappa shape index (κ1) is 12.3. The van der Waals surface area contributed by atoms with E-state index in [1.54, 1.807) is 0 Å². The van der Waals surface area contributed by atoms with Gasteiger partial charge in [0.1, 0.15) is 5.82 Å². The summed E-state index contributed by atoms with van der Waals surface area (Å²) in [7, 11) is 0. The van der Waals surface area contributed by atoms with Crippen LogP contribution in [0.5, 0.6) is 0 Å². The molecule has 2 heterocycles. The van der Waals surface area contributed by atoms with Crippen molar-refractivity contribution in [3.63, 3.8) is 0 Å². The number of aliphatic hydroxyl groups is 1. The number of nitrogens with two attached hydrogens (primary N) is 1. The average Bonchev–Trinajstić information content (AvgIpc) is 2.78. The van der Waals surface area contributed by atoms with Gasteiger partial charge in [-0.3, -0.25) is 0 Å².